The van der Waals surface area contributed by atoms with E-state index in [4.69, 9.17) is 0 Å². The van der Waals surface area contributed by atoms with Gasteiger partial charge in [0.1, 0.15) is 0 Å². The van der Waals surface area contributed by atoms with Crippen molar-refractivity contribution in [3.05, 3.63) is 23.8 Å². The topological polar surface area (TPSA) is 59.6 Å². The smallest absolute Gasteiger partial charge is 0.395 e. The molecule has 2 amide bonds. The first kappa shape index (κ1) is 17.2. The summed E-state index contributed by atoms with van der Waals surface area (Å²) in [6.07, 6.45) is -7.42. The lowest BCUT2D eigenvalue weighted by Gasteiger charge is -2.39. The quantitative estimate of drug-likeness (QED) is 0.791. The van der Waals surface area contributed by atoms with E-state index in [0.717, 1.165) is 0 Å². The third kappa shape index (κ3) is 3.01. The van der Waals surface area contributed by atoms with Gasteiger partial charge in [-0.3, -0.25) is 0 Å². The summed E-state index contributed by atoms with van der Waals surface area (Å²) in [6, 6.07) is 3.50. The summed E-state index contributed by atoms with van der Waals surface area (Å²) in [6.45, 7) is 0.0102. The standard InChI is InChI=1S/C16H15F5N2O3/c17-15(18,19)10-6-14(4-9(10)5-14)23-13(24)22-7-8-1-2-11-12(3-8)26-16(20,21)25-11/h1-3,9-10H,4-7H2,(H2,22,23,24). The number of nitrogens with one attached hydrogen (secondary N) is 2. The molecule has 5 nitrogen and oxygen atoms in total. The molecular weight excluding hydrogens is 363 g/mol. The Kier molecular flexibility index (Phi) is 3.55. The molecule has 1 atom stereocenters. The highest BCUT2D eigenvalue weighted by Gasteiger charge is 2.64. The Morgan fingerprint density at radius 2 is 1.85 bits per heavy atom. The first-order valence-corrected chi connectivity index (χ1v) is 8.07. The number of fused-ring (bicyclic) bond motifs is 2. The van der Waals surface area contributed by atoms with Crippen LogP contribution in [0.5, 0.6) is 11.5 Å². The Labute approximate surface area is 144 Å². The first-order valence-electron chi connectivity index (χ1n) is 8.07. The lowest BCUT2D eigenvalue weighted by molar-refractivity contribution is -0.286. The van der Waals surface area contributed by atoms with E-state index in [-0.39, 0.29) is 24.5 Å². The number of carbonyl (C=O) groups excluding carboxylic acids is 1. The molecule has 10 heteroatoms. The number of amides is 2. The van der Waals surface area contributed by atoms with Crippen molar-refractivity contribution >= 4 is 6.03 Å². The van der Waals surface area contributed by atoms with Crippen molar-refractivity contribution in [2.24, 2.45) is 11.8 Å². The fraction of sp³-hybridized carbons (Fsp3) is 0.562. The van der Waals surface area contributed by atoms with Crippen LogP contribution in [0, 0.1) is 11.8 Å². The van der Waals surface area contributed by atoms with Gasteiger partial charge in [0.15, 0.2) is 11.5 Å². The van der Waals surface area contributed by atoms with Gasteiger partial charge in [-0.25, -0.2) is 4.79 Å². The zero-order valence-corrected chi connectivity index (χ0v) is 13.3. The molecule has 1 aliphatic heterocycles. The molecule has 3 aliphatic carbocycles. The molecule has 142 valence electrons. The number of rotatable bonds is 3. The molecule has 2 bridgehead atoms. The molecule has 5 rings (SSSR count). The molecule has 3 fully saturated rings. The van der Waals surface area contributed by atoms with Crippen LogP contribution in [0.3, 0.4) is 0 Å². The Balaban J connectivity index is 1.31. The normalized spacial score (nSPS) is 30.7. The summed E-state index contributed by atoms with van der Waals surface area (Å²) in [5, 5.41) is 5.16. The summed E-state index contributed by atoms with van der Waals surface area (Å²) < 4.78 is 73.2. The SMILES string of the molecule is O=C(NCc1ccc2c(c1)OC(F)(F)O2)NC12CC(C1)C(C(F)(F)F)C2. The Morgan fingerprint density at radius 3 is 2.50 bits per heavy atom. The molecule has 1 heterocycles. The molecule has 26 heavy (non-hydrogen) atoms. The zero-order chi connectivity index (χ0) is 18.7. The van der Waals surface area contributed by atoms with Gasteiger partial charge in [0.05, 0.1) is 5.92 Å². The van der Waals surface area contributed by atoms with Crippen molar-refractivity contribution in [3.63, 3.8) is 0 Å². The number of urea groups is 1. The molecule has 3 saturated carbocycles. The summed E-state index contributed by atoms with van der Waals surface area (Å²) in [5.74, 6) is -2.03. The summed E-state index contributed by atoms with van der Waals surface area (Å²) in [4.78, 5) is 12.0. The molecule has 2 N–H and O–H groups in total. The van der Waals surface area contributed by atoms with E-state index in [1.54, 1.807) is 0 Å². The molecule has 1 unspecified atom stereocenters. The van der Waals surface area contributed by atoms with E-state index in [2.05, 4.69) is 20.1 Å². The maximum atomic E-state index is 13.0. The van der Waals surface area contributed by atoms with Crippen molar-refractivity contribution in [2.45, 2.75) is 43.8 Å². The minimum atomic E-state index is -4.24. The van der Waals surface area contributed by atoms with E-state index in [1.165, 1.54) is 18.2 Å². The van der Waals surface area contributed by atoms with Gasteiger partial charge >= 0.3 is 18.5 Å². The third-order valence-electron chi connectivity index (χ3n) is 5.20. The van der Waals surface area contributed by atoms with E-state index in [0.29, 0.717) is 18.4 Å². The van der Waals surface area contributed by atoms with Crippen LogP contribution >= 0.6 is 0 Å². The predicted octanol–water partition coefficient (Wildman–Crippen LogP) is 3.54. The lowest BCUT2D eigenvalue weighted by Crippen LogP contribution is -2.54. The second-order valence-electron chi connectivity index (χ2n) is 7.06. The molecule has 0 saturated heterocycles. The number of alkyl halides is 5. The van der Waals surface area contributed by atoms with Gasteiger partial charge in [0, 0.05) is 12.1 Å². The van der Waals surface area contributed by atoms with Gasteiger partial charge in [-0.1, -0.05) is 6.07 Å². The van der Waals surface area contributed by atoms with Crippen molar-refractivity contribution in [3.8, 4) is 11.5 Å². The number of hydrogen-bond donors (Lipinski definition) is 2. The van der Waals surface area contributed by atoms with Gasteiger partial charge in [0.25, 0.3) is 0 Å². The van der Waals surface area contributed by atoms with Crippen LogP contribution in [-0.2, 0) is 6.54 Å². The average molecular weight is 378 g/mol. The van der Waals surface area contributed by atoms with Crippen LogP contribution in [0.1, 0.15) is 24.8 Å². The number of carbonyl (C=O) groups is 1. The third-order valence-corrected chi connectivity index (χ3v) is 5.20. The fourth-order valence-electron chi connectivity index (χ4n) is 4.09. The van der Waals surface area contributed by atoms with Crippen molar-refractivity contribution in [1.82, 2.24) is 10.6 Å². The molecule has 4 aliphatic rings. The Hall–Kier alpha value is -2.26. The predicted molar refractivity (Wildman–Crippen MR) is 77.6 cm³/mol. The monoisotopic (exact) mass is 378 g/mol. The van der Waals surface area contributed by atoms with Crippen molar-refractivity contribution in [1.29, 1.82) is 0 Å². The molecule has 1 aromatic carbocycles. The Morgan fingerprint density at radius 1 is 1.15 bits per heavy atom. The number of halogens is 5. The highest BCUT2D eigenvalue weighted by molar-refractivity contribution is 5.75. The summed E-state index contributed by atoms with van der Waals surface area (Å²) >= 11 is 0. The van der Waals surface area contributed by atoms with E-state index in [9.17, 15) is 26.7 Å². The number of hydrogen-bond acceptors (Lipinski definition) is 3. The largest absolute Gasteiger partial charge is 0.586 e. The average Bonchev–Trinajstić information content (AvgIpc) is 3.11. The van der Waals surface area contributed by atoms with Gasteiger partial charge < -0.3 is 20.1 Å². The van der Waals surface area contributed by atoms with E-state index in [1.807, 2.05) is 0 Å². The van der Waals surface area contributed by atoms with Gasteiger partial charge in [-0.15, -0.1) is 8.78 Å². The lowest BCUT2D eigenvalue weighted by atomic mass is 9.76. The van der Waals surface area contributed by atoms with Gasteiger partial charge in [-0.2, -0.15) is 13.2 Å². The van der Waals surface area contributed by atoms with E-state index >= 15 is 0 Å². The van der Waals surface area contributed by atoms with Crippen LogP contribution in [0.15, 0.2) is 18.2 Å². The Bertz CT molecular complexity index is 746. The van der Waals surface area contributed by atoms with Crippen LogP contribution in [0.2, 0.25) is 0 Å². The van der Waals surface area contributed by atoms with E-state index < -0.39 is 35.9 Å². The van der Waals surface area contributed by atoms with Crippen LogP contribution in [0.4, 0.5) is 26.7 Å². The van der Waals surface area contributed by atoms with Gasteiger partial charge in [-0.05, 0) is 42.9 Å². The first-order chi connectivity index (χ1) is 12.1. The molecular formula is C16H15F5N2O3. The highest BCUT2D eigenvalue weighted by atomic mass is 19.4. The maximum absolute atomic E-state index is 13.0. The maximum Gasteiger partial charge on any atom is 0.586 e. The number of benzene rings is 1. The molecule has 1 aromatic rings. The zero-order valence-electron chi connectivity index (χ0n) is 13.3. The van der Waals surface area contributed by atoms with Crippen LogP contribution in [0.25, 0.3) is 0 Å². The minimum absolute atomic E-state index is 0.0102. The fourth-order valence-corrected chi connectivity index (χ4v) is 4.09. The second kappa shape index (κ2) is 5.37. The second-order valence-corrected chi connectivity index (χ2v) is 7.06. The van der Waals surface area contributed by atoms with Crippen LogP contribution in [-0.4, -0.2) is 24.0 Å². The van der Waals surface area contributed by atoms with Gasteiger partial charge in [0.2, 0.25) is 0 Å². The summed E-state index contributed by atoms with van der Waals surface area (Å²) in [5.41, 5.74) is -0.310. The summed E-state index contributed by atoms with van der Waals surface area (Å²) in [7, 11) is 0. The highest BCUT2D eigenvalue weighted by Crippen LogP contribution is 2.60. The van der Waals surface area contributed by atoms with Crippen LogP contribution < -0.4 is 20.1 Å². The molecule has 0 spiro atoms. The van der Waals surface area contributed by atoms with Crippen molar-refractivity contribution < 1.29 is 36.2 Å². The molecule has 0 aromatic heterocycles. The number of ether oxygens (including phenoxy) is 2. The van der Waals surface area contributed by atoms with Crippen molar-refractivity contribution in [2.75, 3.05) is 0 Å². The molecule has 0 radical (unpaired) electrons. The minimum Gasteiger partial charge on any atom is -0.395 e.